The number of nitrogens with zero attached hydrogens (tertiary/aromatic N) is 2. The van der Waals surface area contributed by atoms with Gasteiger partial charge in [0.15, 0.2) is 0 Å². The summed E-state index contributed by atoms with van der Waals surface area (Å²) >= 11 is 0. The number of hydrogen-bond acceptors (Lipinski definition) is 5. The summed E-state index contributed by atoms with van der Waals surface area (Å²) in [4.78, 5) is 8.09. The van der Waals surface area contributed by atoms with E-state index >= 15 is 0 Å². The number of ether oxygens (including phenoxy) is 2. The fourth-order valence-corrected chi connectivity index (χ4v) is 1.58. The minimum Gasteiger partial charge on any atom is -0.480 e. The number of rotatable bonds is 4. The van der Waals surface area contributed by atoms with E-state index in [1.54, 1.807) is 19.5 Å². The van der Waals surface area contributed by atoms with E-state index in [4.69, 9.17) is 9.47 Å². The topological polar surface area (TPSA) is 56.3 Å². The number of hydrogen-bond donors (Lipinski definition) is 1. The zero-order valence-corrected chi connectivity index (χ0v) is 8.77. The summed E-state index contributed by atoms with van der Waals surface area (Å²) in [5, 5.41) is 3.35. The van der Waals surface area contributed by atoms with Gasteiger partial charge in [-0.3, -0.25) is 4.98 Å². The standard InChI is InChI=1S/C10H15N3O2/c1-14-9-5-11-6-10(13-9)15-7-8-3-2-4-12-8/h5-6,8,12H,2-4,7H2,1H3. The number of methoxy groups -OCH3 is 1. The Balaban J connectivity index is 1.86. The Morgan fingerprint density at radius 1 is 1.47 bits per heavy atom. The molecule has 1 atom stereocenters. The monoisotopic (exact) mass is 209 g/mol. The van der Waals surface area contributed by atoms with Gasteiger partial charge >= 0.3 is 0 Å². The Morgan fingerprint density at radius 3 is 3.07 bits per heavy atom. The van der Waals surface area contributed by atoms with Crippen LogP contribution in [0.1, 0.15) is 12.8 Å². The average Bonchev–Trinajstić information content (AvgIpc) is 2.79. The summed E-state index contributed by atoms with van der Waals surface area (Å²) in [6, 6.07) is 0.443. The molecule has 1 aromatic rings. The van der Waals surface area contributed by atoms with Crippen molar-refractivity contribution in [1.82, 2.24) is 15.3 Å². The van der Waals surface area contributed by atoms with Crippen molar-refractivity contribution < 1.29 is 9.47 Å². The lowest BCUT2D eigenvalue weighted by molar-refractivity contribution is 0.261. The Morgan fingerprint density at radius 2 is 2.33 bits per heavy atom. The van der Waals surface area contributed by atoms with Crippen LogP contribution in [0.2, 0.25) is 0 Å². The molecule has 15 heavy (non-hydrogen) atoms. The molecular weight excluding hydrogens is 194 g/mol. The van der Waals surface area contributed by atoms with Gasteiger partial charge in [-0.15, -0.1) is 0 Å². The van der Waals surface area contributed by atoms with Gasteiger partial charge in [0.25, 0.3) is 0 Å². The van der Waals surface area contributed by atoms with Gasteiger partial charge in [0.1, 0.15) is 6.61 Å². The second-order valence-electron chi connectivity index (χ2n) is 3.50. The molecule has 0 spiro atoms. The molecule has 2 heterocycles. The highest BCUT2D eigenvalue weighted by atomic mass is 16.5. The van der Waals surface area contributed by atoms with E-state index in [1.807, 2.05) is 0 Å². The van der Waals surface area contributed by atoms with Crippen molar-refractivity contribution in [3.8, 4) is 11.8 Å². The third-order valence-corrected chi connectivity index (χ3v) is 2.39. The van der Waals surface area contributed by atoms with E-state index in [1.165, 1.54) is 6.42 Å². The Bertz CT molecular complexity index is 313. The van der Waals surface area contributed by atoms with E-state index < -0.39 is 0 Å². The molecule has 1 fully saturated rings. The molecule has 0 saturated carbocycles. The van der Waals surface area contributed by atoms with Gasteiger partial charge in [-0.05, 0) is 19.4 Å². The Hall–Kier alpha value is -1.36. The lowest BCUT2D eigenvalue weighted by atomic mass is 10.2. The van der Waals surface area contributed by atoms with Crippen LogP contribution in [0.25, 0.3) is 0 Å². The maximum absolute atomic E-state index is 5.52. The second kappa shape index (κ2) is 4.93. The smallest absolute Gasteiger partial charge is 0.235 e. The van der Waals surface area contributed by atoms with Crippen LogP contribution in [0.15, 0.2) is 12.4 Å². The molecule has 0 bridgehead atoms. The lowest BCUT2D eigenvalue weighted by Gasteiger charge is -2.11. The van der Waals surface area contributed by atoms with Gasteiger partial charge in [0.2, 0.25) is 11.8 Å². The SMILES string of the molecule is COc1cncc(OCC2CCCN2)n1. The van der Waals surface area contributed by atoms with E-state index in [-0.39, 0.29) is 0 Å². The molecule has 0 radical (unpaired) electrons. The number of aromatic nitrogens is 2. The minimum absolute atomic E-state index is 0.443. The minimum atomic E-state index is 0.443. The maximum atomic E-state index is 5.52. The largest absolute Gasteiger partial charge is 0.480 e. The summed E-state index contributed by atoms with van der Waals surface area (Å²) in [5.74, 6) is 0.995. The third-order valence-electron chi connectivity index (χ3n) is 2.39. The molecule has 1 aliphatic heterocycles. The predicted molar refractivity (Wildman–Crippen MR) is 55.1 cm³/mol. The highest BCUT2D eigenvalue weighted by Gasteiger charge is 2.14. The molecule has 1 aliphatic rings. The molecule has 0 amide bonds. The predicted octanol–water partition coefficient (Wildman–Crippen LogP) is 0.616. The Kier molecular flexibility index (Phi) is 3.34. The van der Waals surface area contributed by atoms with Gasteiger partial charge in [-0.2, -0.15) is 4.98 Å². The molecule has 1 N–H and O–H groups in total. The van der Waals surface area contributed by atoms with Crippen LogP contribution in [0, 0.1) is 0 Å². The molecule has 2 rings (SSSR count). The first kappa shape index (κ1) is 10.2. The van der Waals surface area contributed by atoms with Crippen molar-refractivity contribution in [3.05, 3.63) is 12.4 Å². The fraction of sp³-hybridized carbons (Fsp3) is 0.600. The summed E-state index contributed by atoms with van der Waals surface area (Å²) in [7, 11) is 1.56. The maximum Gasteiger partial charge on any atom is 0.235 e. The van der Waals surface area contributed by atoms with Crippen LogP contribution < -0.4 is 14.8 Å². The first-order valence-electron chi connectivity index (χ1n) is 5.10. The van der Waals surface area contributed by atoms with Crippen molar-refractivity contribution in [2.24, 2.45) is 0 Å². The fourth-order valence-electron chi connectivity index (χ4n) is 1.58. The second-order valence-corrected chi connectivity index (χ2v) is 3.50. The lowest BCUT2D eigenvalue weighted by Crippen LogP contribution is -2.28. The van der Waals surface area contributed by atoms with E-state index in [2.05, 4.69) is 15.3 Å². The molecule has 0 aliphatic carbocycles. The molecule has 5 heteroatoms. The normalized spacial score (nSPS) is 20.2. The molecule has 82 valence electrons. The summed E-state index contributed by atoms with van der Waals surface area (Å²) < 4.78 is 10.5. The van der Waals surface area contributed by atoms with Gasteiger partial charge in [-0.1, -0.05) is 0 Å². The van der Waals surface area contributed by atoms with Crippen LogP contribution in [-0.4, -0.2) is 36.3 Å². The molecule has 1 saturated heterocycles. The van der Waals surface area contributed by atoms with Gasteiger partial charge < -0.3 is 14.8 Å². The summed E-state index contributed by atoms with van der Waals surface area (Å²) in [6.45, 7) is 1.72. The molecule has 5 nitrogen and oxygen atoms in total. The quantitative estimate of drug-likeness (QED) is 0.787. The highest BCUT2D eigenvalue weighted by Crippen LogP contribution is 2.12. The van der Waals surface area contributed by atoms with Crippen LogP contribution in [-0.2, 0) is 0 Å². The summed E-state index contributed by atoms with van der Waals surface area (Å²) in [6.07, 6.45) is 5.54. The first-order chi connectivity index (χ1) is 7.38. The zero-order chi connectivity index (χ0) is 10.5. The van der Waals surface area contributed by atoms with Crippen LogP contribution in [0.4, 0.5) is 0 Å². The van der Waals surface area contributed by atoms with Crippen molar-refractivity contribution in [3.63, 3.8) is 0 Å². The van der Waals surface area contributed by atoms with Crippen molar-refractivity contribution in [2.75, 3.05) is 20.3 Å². The van der Waals surface area contributed by atoms with Gasteiger partial charge in [0, 0.05) is 6.04 Å². The average molecular weight is 209 g/mol. The number of nitrogens with one attached hydrogen (secondary N) is 1. The highest BCUT2D eigenvalue weighted by molar-refractivity contribution is 5.12. The Labute approximate surface area is 88.8 Å². The first-order valence-corrected chi connectivity index (χ1v) is 5.10. The van der Waals surface area contributed by atoms with E-state index in [0.717, 1.165) is 13.0 Å². The third kappa shape index (κ3) is 2.79. The molecule has 1 aromatic heterocycles. The molecular formula is C10H15N3O2. The molecule has 0 aromatic carbocycles. The van der Waals surface area contributed by atoms with Gasteiger partial charge in [-0.25, -0.2) is 0 Å². The molecule has 1 unspecified atom stereocenters. The van der Waals surface area contributed by atoms with Crippen molar-refractivity contribution >= 4 is 0 Å². The van der Waals surface area contributed by atoms with Crippen molar-refractivity contribution in [1.29, 1.82) is 0 Å². The zero-order valence-electron chi connectivity index (χ0n) is 8.77. The van der Waals surface area contributed by atoms with Crippen LogP contribution >= 0.6 is 0 Å². The van der Waals surface area contributed by atoms with Crippen LogP contribution in [0.5, 0.6) is 11.8 Å². The van der Waals surface area contributed by atoms with E-state index in [9.17, 15) is 0 Å². The van der Waals surface area contributed by atoms with E-state index in [0.29, 0.717) is 24.4 Å². The van der Waals surface area contributed by atoms with Crippen molar-refractivity contribution in [2.45, 2.75) is 18.9 Å². The van der Waals surface area contributed by atoms with Gasteiger partial charge in [0.05, 0.1) is 19.5 Å². The summed E-state index contributed by atoms with van der Waals surface area (Å²) in [5.41, 5.74) is 0. The van der Waals surface area contributed by atoms with Crippen LogP contribution in [0.3, 0.4) is 0 Å².